The molecule has 0 aliphatic rings. The lowest BCUT2D eigenvalue weighted by Crippen LogP contribution is -2.29. The van der Waals surface area contributed by atoms with Crippen molar-refractivity contribution in [2.75, 3.05) is 14.2 Å². The van der Waals surface area contributed by atoms with Crippen LogP contribution >= 0.6 is 75.3 Å². The summed E-state index contributed by atoms with van der Waals surface area (Å²) < 4.78 is 33.2. The maximum absolute atomic E-state index is 13.1. The lowest BCUT2D eigenvalue weighted by molar-refractivity contribution is -0.164. The van der Waals surface area contributed by atoms with E-state index >= 15 is 0 Å². The van der Waals surface area contributed by atoms with Crippen LogP contribution in [0.4, 0.5) is 11.4 Å². The minimum atomic E-state index is -1.21. The molecule has 0 bridgehead atoms. The summed E-state index contributed by atoms with van der Waals surface area (Å²) >= 11 is 18.6. The number of nitrogens with one attached hydrogen (secondary N) is 1. The molecule has 0 saturated carbocycles. The molecule has 6 heterocycles. The average molecular weight is 1560 g/mol. The van der Waals surface area contributed by atoms with E-state index in [1.54, 1.807) is 24.3 Å². The minimum absolute atomic E-state index is 0. The van der Waals surface area contributed by atoms with Gasteiger partial charge in [-0.25, -0.2) is 39.0 Å². The van der Waals surface area contributed by atoms with Gasteiger partial charge in [0, 0.05) is 112 Å². The topological polar surface area (TPSA) is 191 Å². The van der Waals surface area contributed by atoms with Gasteiger partial charge >= 0.3 is 17.9 Å². The smallest absolute Gasteiger partial charge is 0.339 e. The molecule has 0 aliphatic heterocycles. The quantitative estimate of drug-likeness (QED) is 0.0688. The van der Waals surface area contributed by atoms with Crippen molar-refractivity contribution in [3.05, 3.63) is 238 Å². The molecule has 3 atom stereocenters. The van der Waals surface area contributed by atoms with Crippen LogP contribution in [0.1, 0.15) is 159 Å². The molecule has 2 N–H and O–H groups in total. The zero-order chi connectivity index (χ0) is 76.4. The Labute approximate surface area is 663 Å². The van der Waals surface area contributed by atoms with Gasteiger partial charge < -0.3 is 42.9 Å². The number of H-pyrrole nitrogens is 1. The molecule has 11 aromatic rings. The lowest BCUT2D eigenvalue weighted by Gasteiger charge is -2.29. The molecule has 0 unspecified atom stereocenters. The fraction of sp³-hybridized carbons (Fsp3) is 0.333. The molecule has 0 saturated heterocycles. The summed E-state index contributed by atoms with van der Waals surface area (Å²) in [7, 11) is 2.74. The second-order valence-electron chi connectivity index (χ2n) is 28.8. The number of carboxylic acid groups (broad SMARTS) is 1. The van der Waals surface area contributed by atoms with Crippen LogP contribution in [0.3, 0.4) is 0 Å². The molecule has 564 valence electrons. The van der Waals surface area contributed by atoms with Crippen molar-refractivity contribution in [1.29, 1.82) is 0 Å². The summed E-state index contributed by atoms with van der Waals surface area (Å²) in [5, 5.41) is 14.9. The van der Waals surface area contributed by atoms with E-state index < -0.39 is 53.0 Å². The summed E-state index contributed by atoms with van der Waals surface area (Å²) in [6.45, 7) is 50.7. The number of rotatable bonds is 16. The van der Waals surface area contributed by atoms with E-state index in [1.807, 2.05) is 208 Å². The van der Waals surface area contributed by atoms with Crippen LogP contribution in [0.5, 0.6) is 0 Å². The maximum Gasteiger partial charge on any atom is 0.339 e. The predicted octanol–water partition coefficient (Wildman–Crippen LogP) is 21.9. The Morgan fingerprint density at radius 3 is 1.11 bits per heavy atom. The number of aliphatic carboxylic acids is 1. The molecule has 17 nitrogen and oxygen atoms in total. The Hall–Kier alpha value is -8.64. The molecule has 11 rings (SSSR count). The third-order valence-electron chi connectivity index (χ3n) is 18.1. The van der Waals surface area contributed by atoms with E-state index in [2.05, 4.69) is 37.7 Å². The Morgan fingerprint density at radius 1 is 0.477 bits per heavy atom. The standard InChI is InChI=1S/C31H32ClN3O3.C30H30ClN3O3.C23H27ClN2O3.3H2S/c1-18-20(3)35(17-21-10-9-11-24(16-21)33-7)29-25(18)27(22-12-14-23(32)15-13-22)26(19(2)34-29)28(30(36)37-8)38-31(4,5)6;1-17-19(3)34(16-20-9-8-10-23(15-20)32-7)28-24(17)26(21-11-13-22(31)14-12-21)25(18(2)33-28)27(29(35)36)37-30(4,5)6;1-12-13(2)25-21-17(12)19(15-8-10-16(24)11-9-15)18(14(3)26-21)20(22(27)28-7)29-23(4,5)6;;;/h9-16,28H,17H2,1-6,8H3;8-15,27H,16H2,1-6H3,(H,35,36);8-11,20H,1-7H3,(H,25,26);3*1H2/t28-;27-;20-;;;/m000.../s1. The number of pyridine rings is 3. The van der Waals surface area contributed by atoms with Gasteiger partial charge in [-0.2, -0.15) is 40.5 Å². The molecular weight excluding hydrogens is 1470 g/mol. The highest BCUT2D eigenvalue weighted by Crippen LogP contribution is 2.47. The number of aromatic amines is 1. The molecule has 6 aromatic heterocycles. The molecule has 23 heteroatoms. The monoisotopic (exact) mass is 1560 g/mol. The number of ether oxygens (including phenoxy) is 5. The minimum Gasteiger partial charge on any atom is -0.479 e. The Bertz CT molecular complexity index is 5190. The molecule has 0 aliphatic carbocycles. The number of methoxy groups -OCH3 is 2. The van der Waals surface area contributed by atoms with Crippen molar-refractivity contribution in [2.45, 2.75) is 173 Å². The average Bonchev–Trinajstić information content (AvgIpc) is 1.64. The first-order valence-electron chi connectivity index (χ1n) is 34.0. The third kappa shape index (κ3) is 19.6. The fourth-order valence-electron chi connectivity index (χ4n) is 13.1. The fourth-order valence-corrected chi connectivity index (χ4v) is 13.5. The normalized spacial score (nSPS) is 12.2. The van der Waals surface area contributed by atoms with E-state index in [0.717, 1.165) is 111 Å². The first-order chi connectivity index (χ1) is 48.9. The number of halogens is 3. The van der Waals surface area contributed by atoms with Crippen molar-refractivity contribution in [3.8, 4) is 33.4 Å². The van der Waals surface area contributed by atoms with Gasteiger partial charge in [-0.05, 0) is 206 Å². The Balaban J connectivity index is 0.000000250. The van der Waals surface area contributed by atoms with Crippen molar-refractivity contribution in [3.63, 3.8) is 0 Å². The summed E-state index contributed by atoms with van der Waals surface area (Å²) in [6, 6.07) is 37.8. The first kappa shape index (κ1) is 87.3. The van der Waals surface area contributed by atoms with Crippen LogP contribution in [0, 0.1) is 75.5 Å². The Morgan fingerprint density at radius 2 is 0.794 bits per heavy atom. The van der Waals surface area contributed by atoms with E-state index in [1.165, 1.54) is 14.2 Å². The van der Waals surface area contributed by atoms with Gasteiger partial charge in [-0.15, -0.1) is 0 Å². The van der Waals surface area contributed by atoms with E-state index in [-0.39, 0.29) is 40.5 Å². The molecule has 0 spiro atoms. The summed E-state index contributed by atoms with van der Waals surface area (Å²) in [6.07, 6.45) is -3.08. The number of carbonyl (C=O) groups excluding carboxylic acids is 2. The van der Waals surface area contributed by atoms with Crippen LogP contribution < -0.4 is 0 Å². The third-order valence-corrected chi connectivity index (χ3v) is 18.8. The maximum atomic E-state index is 13.1. The number of hydrogen-bond acceptors (Lipinski definition) is 11. The molecule has 0 amide bonds. The van der Waals surface area contributed by atoms with Crippen LogP contribution in [0.25, 0.3) is 76.2 Å². The highest BCUT2D eigenvalue weighted by atomic mass is 35.5. The number of esters is 2. The number of fused-ring (bicyclic) bond motifs is 3. The Kier molecular flexibility index (Phi) is 29.0. The number of carboxylic acids is 1. The van der Waals surface area contributed by atoms with Gasteiger partial charge in [0.1, 0.15) is 16.9 Å². The van der Waals surface area contributed by atoms with Gasteiger partial charge in [0.2, 0.25) is 0 Å². The zero-order valence-electron chi connectivity index (χ0n) is 64.2. The van der Waals surface area contributed by atoms with Gasteiger partial charge in [0.05, 0.1) is 44.2 Å². The van der Waals surface area contributed by atoms with E-state index in [9.17, 15) is 19.5 Å². The molecular formula is C84H95Cl3N8O9S3. The van der Waals surface area contributed by atoms with Gasteiger partial charge in [0.25, 0.3) is 0 Å². The number of aromatic nitrogens is 6. The van der Waals surface area contributed by atoms with Gasteiger partial charge in [-0.3, -0.25) is 0 Å². The van der Waals surface area contributed by atoms with E-state index in [4.69, 9.17) is 86.6 Å². The molecule has 0 fully saturated rings. The second-order valence-corrected chi connectivity index (χ2v) is 30.2. The van der Waals surface area contributed by atoms with Crippen LogP contribution in [0.15, 0.2) is 121 Å². The summed E-state index contributed by atoms with van der Waals surface area (Å²) in [4.78, 5) is 63.8. The van der Waals surface area contributed by atoms with Crippen LogP contribution in [-0.4, -0.2) is 83.1 Å². The highest BCUT2D eigenvalue weighted by molar-refractivity contribution is 7.59. The predicted molar refractivity (Wildman–Crippen MR) is 447 cm³/mol. The van der Waals surface area contributed by atoms with Crippen LogP contribution in [-0.2, 0) is 51.2 Å². The van der Waals surface area contributed by atoms with Crippen LogP contribution in [0.2, 0.25) is 15.1 Å². The SMILES string of the molecule is COC(=O)[C@@H](OC(C)(C)C)c1c(C)nc2[nH]c(C)c(C)c2c1-c1ccc(Cl)cc1.S.S.S.[C-]#[N+]c1cccc(Cn2c(C)c(C)c3c(-c4ccc(Cl)cc4)c([C@H](OC(C)(C)C)C(=O)O)c(C)nc32)c1.[C-]#[N+]c1cccc(Cn2c(C)c(C)c3c(-c4ccc(Cl)cc4)c([C@H](OC(C)(C)C)C(=O)OC)c(C)nc32)c1. The number of aryl methyl sites for hydroxylation is 7. The number of carbonyl (C=O) groups is 3. The highest BCUT2D eigenvalue weighted by Gasteiger charge is 2.38. The number of nitrogens with zero attached hydrogens (tertiary/aromatic N) is 7. The lowest BCUT2D eigenvalue weighted by atomic mass is 9.91. The molecule has 5 aromatic carbocycles. The first-order valence-corrected chi connectivity index (χ1v) is 35.1. The van der Waals surface area contributed by atoms with Crippen molar-refractivity contribution in [2.24, 2.45) is 0 Å². The molecule has 107 heavy (non-hydrogen) atoms. The largest absolute Gasteiger partial charge is 0.479 e. The zero-order valence-corrected chi connectivity index (χ0v) is 69.4. The van der Waals surface area contributed by atoms with E-state index in [0.29, 0.717) is 73.3 Å². The number of benzene rings is 5. The van der Waals surface area contributed by atoms with Crippen molar-refractivity contribution in [1.82, 2.24) is 29.1 Å². The van der Waals surface area contributed by atoms with Crippen molar-refractivity contribution >= 4 is 138 Å². The van der Waals surface area contributed by atoms with Crippen molar-refractivity contribution < 1.29 is 43.2 Å². The van der Waals surface area contributed by atoms with Gasteiger partial charge in [-0.1, -0.05) is 120 Å². The second kappa shape index (κ2) is 35.6. The summed E-state index contributed by atoms with van der Waals surface area (Å²) in [5.74, 6) is -2.01. The molecule has 0 radical (unpaired) electrons. The number of hydrogen-bond donors (Lipinski definition) is 2. The van der Waals surface area contributed by atoms with Gasteiger partial charge in [0.15, 0.2) is 29.7 Å². The summed E-state index contributed by atoms with van der Waals surface area (Å²) in [5.41, 5.74) is 19.1.